The number of unbranched alkanes of at least 4 members (excludes halogenated alkanes) is 2. The summed E-state index contributed by atoms with van der Waals surface area (Å²) in [5.74, 6) is 0. The van der Waals surface area contributed by atoms with Crippen LogP contribution in [-0.2, 0) is 0 Å². The zero-order valence-electron chi connectivity index (χ0n) is 8.60. The molecule has 0 aromatic heterocycles. The summed E-state index contributed by atoms with van der Waals surface area (Å²) in [5.41, 5.74) is 0. The van der Waals surface area contributed by atoms with Crippen LogP contribution < -0.4 is 5.32 Å². The Kier molecular flexibility index (Phi) is 4.67. The second kappa shape index (κ2) is 5.58. The zero-order valence-corrected chi connectivity index (χ0v) is 8.60. The van der Waals surface area contributed by atoms with E-state index in [0.29, 0.717) is 0 Å². The minimum atomic E-state index is 0.752. The molecule has 1 aliphatic rings. The average molecular weight is 169 g/mol. The number of hydrogen-bond acceptors (Lipinski definition) is 1. The number of nitrogens with one attached hydrogen (secondary N) is 1. The molecule has 0 aromatic rings. The van der Waals surface area contributed by atoms with Crippen LogP contribution in [0.5, 0.6) is 0 Å². The molecule has 72 valence electrons. The third kappa shape index (κ3) is 3.57. The van der Waals surface area contributed by atoms with Crippen molar-refractivity contribution in [3.05, 3.63) is 0 Å². The van der Waals surface area contributed by atoms with Crippen molar-refractivity contribution in [2.45, 2.75) is 70.9 Å². The normalized spacial score (nSPS) is 20.5. The summed E-state index contributed by atoms with van der Waals surface area (Å²) in [5, 5.41) is 3.68. The first-order valence-corrected chi connectivity index (χ1v) is 5.59. The van der Waals surface area contributed by atoms with Gasteiger partial charge in [-0.15, -0.1) is 0 Å². The maximum atomic E-state index is 3.68. The van der Waals surface area contributed by atoms with Crippen LogP contribution in [0.2, 0.25) is 0 Å². The summed E-state index contributed by atoms with van der Waals surface area (Å²) in [4.78, 5) is 0. The van der Waals surface area contributed by atoms with Crippen LogP contribution in [0.25, 0.3) is 0 Å². The summed E-state index contributed by atoms with van der Waals surface area (Å²) in [7, 11) is 0. The van der Waals surface area contributed by atoms with Gasteiger partial charge >= 0.3 is 0 Å². The standard InChI is InChI=1S/C11H23N/c1-3-4-5-7-10(2)12-11-8-6-9-11/h10-12H,3-9H2,1-2H3. The molecular weight excluding hydrogens is 146 g/mol. The first-order valence-electron chi connectivity index (χ1n) is 5.59. The van der Waals surface area contributed by atoms with Crippen LogP contribution in [0.3, 0.4) is 0 Å². The van der Waals surface area contributed by atoms with Gasteiger partial charge in [0, 0.05) is 12.1 Å². The maximum absolute atomic E-state index is 3.68. The van der Waals surface area contributed by atoms with Crippen LogP contribution in [0.1, 0.15) is 58.8 Å². The van der Waals surface area contributed by atoms with Crippen molar-refractivity contribution in [2.24, 2.45) is 0 Å². The fourth-order valence-corrected chi connectivity index (χ4v) is 1.76. The Hall–Kier alpha value is -0.0400. The van der Waals surface area contributed by atoms with Crippen molar-refractivity contribution in [1.29, 1.82) is 0 Å². The predicted octanol–water partition coefficient (Wildman–Crippen LogP) is 3.10. The second-order valence-corrected chi connectivity index (χ2v) is 4.19. The van der Waals surface area contributed by atoms with E-state index in [4.69, 9.17) is 0 Å². The SMILES string of the molecule is CCCCCC(C)NC1CCC1. The van der Waals surface area contributed by atoms with E-state index in [1.165, 1.54) is 44.9 Å². The maximum Gasteiger partial charge on any atom is 0.00695 e. The number of rotatable bonds is 6. The van der Waals surface area contributed by atoms with E-state index in [0.717, 1.165) is 12.1 Å². The van der Waals surface area contributed by atoms with Gasteiger partial charge in [0.1, 0.15) is 0 Å². The van der Waals surface area contributed by atoms with Gasteiger partial charge in [-0.1, -0.05) is 32.6 Å². The smallest absolute Gasteiger partial charge is 0.00695 e. The van der Waals surface area contributed by atoms with Gasteiger partial charge in [-0.2, -0.15) is 0 Å². The van der Waals surface area contributed by atoms with Crippen molar-refractivity contribution < 1.29 is 0 Å². The zero-order chi connectivity index (χ0) is 8.81. The molecule has 1 atom stereocenters. The highest BCUT2D eigenvalue weighted by Crippen LogP contribution is 2.19. The quantitative estimate of drug-likeness (QED) is 0.602. The Morgan fingerprint density at radius 3 is 2.58 bits per heavy atom. The summed E-state index contributed by atoms with van der Waals surface area (Å²) >= 11 is 0. The van der Waals surface area contributed by atoms with E-state index in [1.807, 2.05) is 0 Å². The lowest BCUT2D eigenvalue weighted by molar-refractivity contribution is 0.301. The molecule has 0 bridgehead atoms. The third-order valence-corrected chi connectivity index (χ3v) is 2.87. The van der Waals surface area contributed by atoms with Gasteiger partial charge in [0.2, 0.25) is 0 Å². The van der Waals surface area contributed by atoms with Gasteiger partial charge in [-0.3, -0.25) is 0 Å². The first kappa shape index (κ1) is 10.0. The van der Waals surface area contributed by atoms with Crippen molar-refractivity contribution in [2.75, 3.05) is 0 Å². The minimum absolute atomic E-state index is 0.752. The van der Waals surface area contributed by atoms with Crippen molar-refractivity contribution in [1.82, 2.24) is 5.32 Å². The molecule has 0 saturated heterocycles. The molecule has 0 amide bonds. The Labute approximate surface area is 76.9 Å². The Morgan fingerprint density at radius 1 is 1.33 bits per heavy atom. The average Bonchev–Trinajstić information content (AvgIpc) is 1.98. The van der Waals surface area contributed by atoms with Crippen LogP contribution in [-0.4, -0.2) is 12.1 Å². The van der Waals surface area contributed by atoms with Gasteiger partial charge in [-0.25, -0.2) is 0 Å². The molecule has 12 heavy (non-hydrogen) atoms. The molecule has 0 aromatic carbocycles. The van der Waals surface area contributed by atoms with Gasteiger partial charge in [0.15, 0.2) is 0 Å². The van der Waals surface area contributed by atoms with Crippen LogP contribution in [0.4, 0.5) is 0 Å². The molecule has 1 N–H and O–H groups in total. The van der Waals surface area contributed by atoms with E-state index in [-0.39, 0.29) is 0 Å². The van der Waals surface area contributed by atoms with Gasteiger partial charge in [0.25, 0.3) is 0 Å². The van der Waals surface area contributed by atoms with E-state index in [9.17, 15) is 0 Å². The lowest BCUT2D eigenvalue weighted by atomic mass is 9.92. The van der Waals surface area contributed by atoms with Crippen molar-refractivity contribution in [3.63, 3.8) is 0 Å². The van der Waals surface area contributed by atoms with Crippen molar-refractivity contribution in [3.8, 4) is 0 Å². The molecule has 0 spiro atoms. The van der Waals surface area contributed by atoms with Crippen LogP contribution >= 0.6 is 0 Å². The van der Waals surface area contributed by atoms with E-state index >= 15 is 0 Å². The van der Waals surface area contributed by atoms with Crippen LogP contribution in [0, 0.1) is 0 Å². The topological polar surface area (TPSA) is 12.0 Å². The fourth-order valence-electron chi connectivity index (χ4n) is 1.76. The molecule has 1 aliphatic carbocycles. The Bertz CT molecular complexity index is 108. The molecule has 1 rings (SSSR count). The highest BCUT2D eigenvalue weighted by Gasteiger charge is 2.18. The fraction of sp³-hybridized carbons (Fsp3) is 1.00. The molecule has 0 heterocycles. The lowest BCUT2D eigenvalue weighted by Gasteiger charge is -2.30. The Balaban J connectivity index is 1.91. The molecule has 1 nitrogen and oxygen atoms in total. The Morgan fingerprint density at radius 2 is 2.08 bits per heavy atom. The molecule has 1 unspecified atom stereocenters. The van der Waals surface area contributed by atoms with Crippen molar-refractivity contribution >= 4 is 0 Å². The summed E-state index contributed by atoms with van der Waals surface area (Å²) in [6.45, 7) is 4.60. The largest absolute Gasteiger partial charge is 0.312 e. The molecule has 1 saturated carbocycles. The van der Waals surface area contributed by atoms with Gasteiger partial charge in [-0.05, 0) is 26.2 Å². The van der Waals surface area contributed by atoms with Gasteiger partial charge < -0.3 is 5.32 Å². The molecule has 1 heteroatoms. The van der Waals surface area contributed by atoms with Crippen LogP contribution in [0.15, 0.2) is 0 Å². The van der Waals surface area contributed by atoms with E-state index < -0.39 is 0 Å². The molecular formula is C11H23N. The highest BCUT2D eigenvalue weighted by molar-refractivity contribution is 4.78. The molecule has 0 aliphatic heterocycles. The molecule has 1 fully saturated rings. The number of hydrogen-bond donors (Lipinski definition) is 1. The van der Waals surface area contributed by atoms with E-state index in [2.05, 4.69) is 19.2 Å². The summed E-state index contributed by atoms with van der Waals surface area (Å²) < 4.78 is 0. The minimum Gasteiger partial charge on any atom is -0.312 e. The predicted molar refractivity (Wildman–Crippen MR) is 54.4 cm³/mol. The third-order valence-electron chi connectivity index (χ3n) is 2.87. The lowest BCUT2D eigenvalue weighted by Crippen LogP contribution is -2.40. The highest BCUT2D eigenvalue weighted by atomic mass is 15.0. The monoisotopic (exact) mass is 169 g/mol. The summed E-state index contributed by atoms with van der Waals surface area (Å²) in [6.07, 6.45) is 9.78. The summed E-state index contributed by atoms with van der Waals surface area (Å²) in [6, 6.07) is 1.61. The van der Waals surface area contributed by atoms with E-state index in [1.54, 1.807) is 0 Å². The molecule has 0 radical (unpaired) electrons. The first-order chi connectivity index (χ1) is 5.83. The second-order valence-electron chi connectivity index (χ2n) is 4.19. The van der Waals surface area contributed by atoms with Gasteiger partial charge in [0.05, 0.1) is 0 Å².